The van der Waals surface area contributed by atoms with Gasteiger partial charge in [-0.05, 0) is 36.6 Å². The van der Waals surface area contributed by atoms with Crippen LogP contribution in [-0.2, 0) is 9.59 Å². The third kappa shape index (κ3) is 4.23. The maximum absolute atomic E-state index is 14.3. The van der Waals surface area contributed by atoms with Crippen LogP contribution < -0.4 is 16.0 Å². The van der Waals surface area contributed by atoms with Gasteiger partial charge in [0.15, 0.2) is 0 Å². The SMILES string of the molecule is O=C(N[C@H]1CCN2C(=O)c3cc(-c4ccccc4F)ccc3NC(=O)[C@@H]2C1)C1CC[NH2+]CC1. The zero-order valence-corrected chi connectivity index (χ0v) is 18.4. The number of rotatable bonds is 3. The van der Waals surface area contributed by atoms with Crippen molar-refractivity contribution in [3.63, 3.8) is 0 Å². The third-order valence-corrected chi connectivity index (χ3v) is 7.01. The van der Waals surface area contributed by atoms with Crippen LogP contribution >= 0.6 is 0 Å². The highest BCUT2D eigenvalue weighted by Crippen LogP contribution is 2.32. The summed E-state index contributed by atoms with van der Waals surface area (Å²) in [5, 5.41) is 8.21. The van der Waals surface area contributed by atoms with Gasteiger partial charge in [0.05, 0.1) is 24.3 Å². The summed E-state index contributed by atoms with van der Waals surface area (Å²) < 4.78 is 14.3. The van der Waals surface area contributed by atoms with E-state index in [0.29, 0.717) is 41.8 Å². The lowest BCUT2D eigenvalue weighted by atomic mass is 9.93. The highest BCUT2D eigenvalue weighted by atomic mass is 19.1. The number of amides is 3. The molecule has 8 heteroatoms. The molecule has 0 saturated carbocycles. The van der Waals surface area contributed by atoms with Gasteiger partial charge >= 0.3 is 0 Å². The first-order valence-electron chi connectivity index (χ1n) is 11.6. The van der Waals surface area contributed by atoms with Crippen molar-refractivity contribution in [1.29, 1.82) is 0 Å². The number of halogens is 1. The van der Waals surface area contributed by atoms with E-state index in [0.717, 1.165) is 25.9 Å². The van der Waals surface area contributed by atoms with Gasteiger partial charge in [-0.3, -0.25) is 14.4 Å². The van der Waals surface area contributed by atoms with Crippen LogP contribution in [0.15, 0.2) is 42.5 Å². The highest BCUT2D eigenvalue weighted by Gasteiger charge is 2.40. The molecule has 0 bridgehead atoms. The van der Waals surface area contributed by atoms with Gasteiger partial charge in [0, 0.05) is 36.9 Å². The second-order valence-corrected chi connectivity index (χ2v) is 9.11. The van der Waals surface area contributed by atoms with Crippen LogP contribution in [0.1, 0.15) is 36.0 Å². The summed E-state index contributed by atoms with van der Waals surface area (Å²) in [5.74, 6) is -0.794. The molecular formula is C25H28FN4O3+. The van der Waals surface area contributed by atoms with E-state index in [1.807, 2.05) is 0 Å². The van der Waals surface area contributed by atoms with Crippen LogP contribution in [0, 0.1) is 11.7 Å². The summed E-state index contributed by atoms with van der Waals surface area (Å²) >= 11 is 0. The summed E-state index contributed by atoms with van der Waals surface area (Å²) in [6.07, 6.45) is 2.72. The monoisotopic (exact) mass is 451 g/mol. The Morgan fingerprint density at radius 3 is 2.64 bits per heavy atom. The number of anilines is 1. The van der Waals surface area contributed by atoms with Crippen LogP contribution in [0.4, 0.5) is 10.1 Å². The first-order chi connectivity index (χ1) is 16.0. The van der Waals surface area contributed by atoms with Gasteiger partial charge in [-0.2, -0.15) is 0 Å². The Hall–Kier alpha value is -3.26. The number of nitrogens with two attached hydrogens (primary N) is 1. The Kier molecular flexibility index (Phi) is 5.85. The Labute approximate surface area is 191 Å². The van der Waals surface area contributed by atoms with Gasteiger partial charge in [-0.1, -0.05) is 24.3 Å². The lowest BCUT2D eigenvalue weighted by Gasteiger charge is -2.38. The molecule has 2 saturated heterocycles. The van der Waals surface area contributed by atoms with Gasteiger partial charge in [0.1, 0.15) is 11.9 Å². The quantitative estimate of drug-likeness (QED) is 0.660. The molecule has 7 nitrogen and oxygen atoms in total. The van der Waals surface area contributed by atoms with E-state index in [2.05, 4.69) is 16.0 Å². The van der Waals surface area contributed by atoms with Gasteiger partial charge in [-0.15, -0.1) is 0 Å². The van der Waals surface area contributed by atoms with E-state index in [4.69, 9.17) is 0 Å². The zero-order valence-electron chi connectivity index (χ0n) is 18.4. The first kappa shape index (κ1) is 21.6. The third-order valence-electron chi connectivity index (χ3n) is 7.01. The van der Waals surface area contributed by atoms with Crippen molar-refractivity contribution >= 4 is 23.4 Å². The van der Waals surface area contributed by atoms with Gasteiger partial charge in [0.25, 0.3) is 5.91 Å². The lowest BCUT2D eigenvalue weighted by molar-refractivity contribution is -0.664. The number of fused-ring (bicyclic) bond motifs is 2. The molecule has 2 fully saturated rings. The lowest BCUT2D eigenvalue weighted by Crippen LogP contribution is -2.86. The number of piperidine rings is 2. The van der Waals surface area contributed by atoms with Gasteiger partial charge in [-0.25, -0.2) is 4.39 Å². The number of nitrogens with one attached hydrogen (secondary N) is 2. The van der Waals surface area contributed by atoms with E-state index in [1.54, 1.807) is 41.3 Å². The molecular weight excluding hydrogens is 423 g/mol. The van der Waals surface area contributed by atoms with E-state index in [9.17, 15) is 18.8 Å². The fourth-order valence-electron chi connectivity index (χ4n) is 5.16. The summed E-state index contributed by atoms with van der Waals surface area (Å²) in [6, 6.07) is 10.6. The number of carbonyl (C=O) groups is 3. The van der Waals surface area contributed by atoms with Crippen molar-refractivity contribution < 1.29 is 24.1 Å². The van der Waals surface area contributed by atoms with E-state index in [1.165, 1.54) is 6.07 Å². The average Bonchev–Trinajstić information content (AvgIpc) is 2.94. The Balaban J connectivity index is 1.35. The van der Waals surface area contributed by atoms with Gasteiger partial charge in [0.2, 0.25) is 11.8 Å². The normalized spacial score (nSPS) is 23.2. The molecule has 0 aliphatic carbocycles. The second-order valence-electron chi connectivity index (χ2n) is 9.11. The maximum atomic E-state index is 14.3. The molecule has 172 valence electrons. The molecule has 0 unspecified atom stereocenters. The molecule has 3 heterocycles. The molecule has 2 aromatic rings. The summed E-state index contributed by atoms with van der Waals surface area (Å²) in [7, 11) is 0. The fourth-order valence-corrected chi connectivity index (χ4v) is 5.16. The van der Waals surface area contributed by atoms with Crippen molar-refractivity contribution in [2.24, 2.45) is 5.92 Å². The predicted molar refractivity (Wildman–Crippen MR) is 121 cm³/mol. The van der Waals surface area contributed by atoms with Crippen LogP contribution in [0.25, 0.3) is 11.1 Å². The molecule has 5 rings (SSSR count). The molecule has 3 aliphatic heterocycles. The average molecular weight is 452 g/mol. The number of hydrogen-bond donors (Lipinski definition) is 3. The van der Waals surface area contributed by atoms with Crippen molar-refractivity contribution in [2.75, 3.05) is 25.0 Å². The van der Waals surface area contributed by atoms with Crippen molar-refractivity contribution in [3.8, 4) is 11.1 Å². The Morgan fingerprint density at radius 1 is 1.06 bits per heavy atom. The predicted octanol–water partition coefficient (Wildman–Crippen LogP) is 1.51. The van der Waals surface area contributed by atoms with E-state index >= 15 is 0 Å². The van der Waals surface area contributed by atoms with Crippen molar-refractivity contribution in [2.45, 2.75) is 37.8 Å². The van der Waals surface area contributed by atoms with Gasteiger partial charge < -0.3 is 20.9 Å². The minimum absolute atomic E-state index is 0.0266. The molecule has 33 heavy (non-hydrogen) atoms. The van der Waals surface area contributed by atoms with E-state index < -0.39 is 6.04 Å². The number of quaternary nitrogens is 1. The molecule has 3 aliphatic rings. The molecule has 0 aromatic heterocycles. The van der Waals surface area contributed by atoms with Crippen molar-refractivity contribution in [1.82, 2.24) is 10.2 Å². The number of carbonyl (C=O) groups excluding carboxylic acids is 3. The number of nitrogens with zero attached hydrogens (tertiary/aromatic N) is 1. The van der Waals surface area contributed by atoms with E-state index in [-0.39, 0.29) is 35.5 Å². The molecule has 3 amide bonds. The minimum Gasteiger partial charge on any atom is -0.353 e. The number of hydrogen-bond acceptors (Lipinski definition) is 3. The topological polar surface area (TPSA) is 95.1 Å². The minimum atomic E-state index is -0.652. The van der Waals surface area contributed by atoms with Crippen LogP contribution in [0.3, 0.4) is 0 Å². The van der Waals surface area contributed by atoms with Crippen LogP contribution in [-0.4, -0.2) is 54.3 Å². The Morgan fingerprint density at radius 2 is 1.85 bits per heavy atom. The standard InChI is InChI=1S/C25H27FN4O3/c26-20-4-2-1-3-18(20)16-5-6-21-19(13-16)25(33)30-12-9-17(14-22(30)24(32)29-21)28-23(31)15-7-10-27-11-8-15/h1-6,13,15,17,22,27H,7-12,14H2,(H,28,31)(H,29,32)/p+1/t17-,22-/m0/s1. The molecule has 0 radical (unpaired) electrons. The zero-order chi connectivity index (χ0) is 22.9. The van der Waals surface area contributed by atoms with Crippen LogP contribution in [0.2, 0.25) is 0 Å². The summed E-state index contributed by atoms with van der Waals surface area (Å²) in [4.78, 5) is 40.7. The van der Waals surface area contributed by atoms with Crippen molar-refractivity contribution in [3.05, 3.63) is 53.8 Å². The number of benzene rings is 2. The smallest absolute Gasteiger partial charge is 0.256 e. The molecule has 4 N–H and O–H groups in total. The molecule has 2 atom stereocenters. The summed E-state index contributed by atoms with van der Waals surface area (Å²) in [5.41, 5.74) is 1.77. The van der Waals surface area contributed by atoms with Crippen LogP contribution in [0.5, 0.6) is 0 Å². The second kappa shape index (κ2) is 8.94. The molecule has 2 aromatic carbocycles. The largest absolute Gasteiger partial charge is 0.353 e. The first-order valence-corrected chi connectivity index (χ1v) is 11.6. The fraction of sp³-hybridized carbons (Fsp3) is 0.400. The molecule has 0 spiro atoms. The highest BCUT2D eigenvalue weighted by molar-refractivity contribution is 6.10. The maximum Gasteiger partial charge on any atom is 0.256 e. The Bertz CT molecular complexity index is 1100. The summed E-state index contributed by atoms with van der Waals surface area (Å²) in [6.45, 7) is 2.30.